The Labute approximate surface area is 198 Å². The third-order valence-electron chi connectivity index (χ3n) is 6.29. The van der Waals surface area contributed by atoms with E-state index in [1.54, 1.807) is 13.2 Å². The first-order valence-electron chi connectivity index (χ1n) is 10.9. The van der Waals surface area contributed by atoms with Crippen LogP contribution in [-0.4, -0.2) is 58.0 Å². The summed E-state index contributed by atoms with van der Waals surface area (Å²) in [4.78, 5) is 15.1. The Balaban J connectivity index is 1.31. The van der Waals surface area contributed by atoms with Crippen molar-refractivity contribution < 1.29 is 22.3 Å². The van der Waals surface area contributed by atoms with Crippen LogP contribution < -0.4 is 15.0 Å². The number of sulfonamides is 1. The third kappa shape index (κ3) is 5.26. The minimum atomic E-state index is -3.69. The minimum Gasteiger partial charge on any atom is -0.495 e. The lowest BCUT2D eigenvalue weighted by Gasteiger charge is -2.31. The molecule has 0 saturated carbocycles. The van der Waals surface area contributed by atoms with Crippen molar-refractivity contribution in [2.24, 2.45) is 5.92 Å². The van der Waals surface area contributed by atoms with Crippen LogP contribution in [-0.2, 0) is 14.8 Å². The summed E-state index contributed by atoms with van der Waals surface area (Å²) in [6.07, 6.45) is 1.70. The van der Waals surface area contributed by atoms with E-state index in [-0.39, 0.29) is 35.9 Å². The van der Waals surface area contributed by atoms with Gasteiger partial charge < -0.3 is 15.0 Å². The van der Waals surface area contributed by atoms with Crippen LogP contribution in [0.2, 0.25) is 5.02 Å². The summed E-state index contributed by atoms with van der Waals surface area (Å²) in [5.74, 6) is -0.0251. The second-order valence-electron chi connectivity index (χ2n) is 8.39. The maximum absolute atomic E-state index is 13.1. The number of carbonyl (C=O) groups is 1. The SMILES string of the molecule is COc1ccc(Cl)cc1N1CCC(NC(=O)C2CCN(S(=O)(=O)c3ccc(F)cc3)CC2)C1. The number of benzene rings is 2. The van der Waals surface area contributed by atoms with E-state index < -0.39 is 15.8 Å². The van der Waals surface area contributed by atoms with Gasteiger partial charge >= 0.3 is 0 Å². The van der Waals surface area contributed by atoms with Crippen molar-refractivity contribution in [1.82, 2.24) is 9.62 Å². The number of hydrogen-bond acceptors (Lipinski definition) is 5. The van der Waals surface area contributed by atoms with E-state index in [0.29, 0.717) is 24.4 Å². The van der Waals surface area contributed by atoms with Crippen LogP contribution in [0.1, 0.15) is 19.3 Å². The first kappa shape index (κ1) is 23.8. The van der Waals surface area contributed by atoms with Crippen LogP contribution in [0.25, 0.3) is 0 Å². The first-order valence-corrected chi connectivity index (χ1v) is 12.7. The van der Waals surface area contributed by atoms with Gasteiger partial charge in [0.05, 0.1) is 17.7 Å². The maximum Gasteiger partial charge on any atom is 0.243 e. The zero-order chi connectivity index (χ0) is 23.6. The van der Waals surface area contributed by atoms with Gasteiger partial charge in [-0.3, -0.25) is 4.79 Å². The molecule has 2 aliphatic heterocycles. The molecule has 0 radical (unpaired) electrons. The smallest absolute Gasteiger partial charge is 0.243 e. The van der Waals surface area contributed by atoms with Crippen LogP contribution in [0.5, 0.6) is 5.75 Å². The van der Waals surface area contributed by atoms with Gasteiger partial charge in [0.2, 0.25) is 15.9 Å². The Kier molecular flexibility index (Phi) is 7.11. The lowest BCUT2D eigenvalue weighted by atomic mass is 9.97. The van der Waals surface area contributed by atoms with Gasteiger partial charge in [0.1, 0.15) is 11.6 Å². The number of nitrogens with one attached hydrogen (secondary N) is 1. The number of ether oxygens (including phenoxy) is 1. The summed E-state index contributed by atoms with van der Waals surface area (Å²) < 4.78 is 45.5. The van der Waals surface area contributed by atoms with Gasteiger partial charge in [-0.15, -0.1) is 0 Å². The zero-order valence-electron chi connectivity index (χ0n) is 18.3. The molecule has 2 heterocycles. The molecule has 2 aromatic rings. The molecule has 2 aromatic carbocycles. The summed E-state index contributed by atoms with van der Waals surface area (Å²) in [5, 5.41) is 3.75. The van der Waals surface area contributed by atoms with Gasteiger partial charge in [-0.05, 0) is 61.7 Å². The molecule has 2 fully saturated rings. The highest BCUT2D eigenvalue weighted by molar-refractivity contribution is 7.89. The third-order valence-corrected chi connectivity index (χ3v) is 8.44. The van der Waals surface area contributed by atoms with E-state index in [0.717, 1.165) is 36.5 Å². The first-order chi connectivity index (χ1) is 15.8. The molecular weight excluding hydrogens is 469 g/mol. The molecule has 2 aliphatic rings. The van der Waals surface area contributed by atoms with E-state index in [1.807, 2.05) is 12.1 Å². The van der Waals surface area contributed by atoms with Crippen LogP contribution in [0.3, 0.4) is 0 Å². The largest absolute Gasteiger partial charge is 0.495 e. The van der Waals surface area contributed by atoms with Crippen molar-refractivity contribution in [2.45, 2.75) is 30.2 Å². The van der Waals surface area contributed by atoms with Gasteiger partial charge in [0, 0.05) is 43.2 Å². The van der Waals surface area contributed by atoms with Crippen molar-refractivity contribution in [3.05, 3.63) is 53.3 Å². The number of anilines is 1. The molecule has 1 unspecified atom stereocenters. The van der Waals surface area contributed by atoms with Crippen molar-refractivity contribution >= 4 is 33.2 Å². The summed E-state index contributed by atoms with van der Waals surface area (Å²) in [7, 11) is -2.08. The minimum absolute atomic E-state index is 0.00200. The lowest BCUT2D eigenvalue weighted by Crippen LogP contribution is -2.46. The quantitative estimate of drug-likeness (QED) is 0.665. The molecule has 10 heteroatoms. The van der Waals surface area contributed by atoms with Crippen LogP contribution in [0, 0.1) is 11.7 Å². The predicted molar refractivity (Wildman–Crippen MR) is 125 cm³/mol. The molecule has 1 atom stereocenters. The normalized spacial score (nSPS) is 20.1. The Hall–Kier alpha value is -2.36. The maximum atomic E-state index is 13.1. The highest BCUT2D eigenvalue weighted by atomic mass is 35.5. The highest BCUT2D eigenvalue weighted by Crippen LogP contribution is 2.33. The molecule has 0 aromatic heterocycles. The van der Waals surface area contributed by atoms with Gasteiger partial charge in [-0.2, -0.15) is 4.31 Å². The van der Waals surface area contributed by atoms with Gasteiger partial charge in [0.25, 0.3) is 0 Å². The highest BCUT2D eigenvalue weighted by Gasteiger charge is 2.34. The number of nitrogens with zero attached hydrogens (tertiary/aromatic N) is 2. The topological polar surface area (TPSA) is 79.0 Å². The fourth-order valence-corrected chi connectivity index (χ4v) is 6.08. The molecule has 178 valence electrons. The monoisotopic (exact) mass is 495 g/mol. The fourth-order valence-electron chi connectivity index (χ4n) is 4.44. The van der Waals surface area contributed by atoms with Gasteiger partial charge in [-0.25, -0.2) is 12.8 Å². The van der Waals surface area contributed by atoms with E-state index in [9.17, 15) is 17.6 Å². The predicted octanol–water partition coefficient (Wildman–Crippen LogP) is 3.28. The number of hydrogen-bond donors (Lipinski definition) is 1. The lowest BCUT2D eigenvalue weighted by molar-refractivity contribution is -0.126. The molecular formula is C23H27ClFN3O4S. The van der Waals surface area contributed by atoms with E-state index in [1.165, 1.54) is 16.4 Å². The molecule has 7 nitrogen and oxygen atoms in total. The van der Waals surface area contributed by atoms with Crippen molar-refractivity contribution in [2.75, 3.05) is 38.2 Å². The standard InChI is InChI=1S/C23H27ClFN3O4S/c1-32-22-7-2-17(24)14-21(22)27-11-10-19(15-27)26-23(29)16-8-12-28(13-9-16)33(30,31)20-5-3-18(25)4-6-20/h2-7,14,16,19H,8-13,15H2,1H3,(H,26,29). The summed E-state index contributed by atoms with van der Waals surface area (Å²) in [5.41, 5.74) is 0.904. The number of carbonyl (C=O) groups excluding carboxylic acids is 1. The number of methoxy groups -OCH3 is 1. The van der Waals surface area contributed by atoms with E-state index in [4.69, 9.17) is 16.3 Å². The average molecular weight is 496 g/mol. The molecule has 33 heavy (non-hydrogen) atoms. The van der Waals surface area contributed by atoms with Gasteiger partial charge in [-0.1, -0.05) is 11.6 Å². The average Bonchev–Trinajstić information content (AvgIpc) is 3.27. The van der Waals surface area contributed by atoms with Crippen LogP contribution in [0.15, 0.2) is 47.4 Å². The zero-order valence-corrected chi connectivity index (χ0v) is 19.9. The second-order valence-corrected chi connectivity index (χ2v) is 10.8. The number of amides is 1. The number of rotatable bonds is 6. The molecule has 2 saturated heterocycles. The number of piperidine rings is 1. The molecule has 1 N–H and O–H groups in total. The summed E-state index contributed by atoms with van der Waals surface area (Å²) in [6, 6.07) is 10.3. The van der Waals surface area contributed by atoms with Crippen molar-refractivity contribution in [1.29, 1.82) is 0 Å². The van der Waals surface area contributed by atoms with Crippen molar-refractivity contribution in [3.8, 4) is 5.75 Å². The molecule has 0 aliphatic carbocycles. The summed E-state index contributed by atoms with van der Waals surface area (Å²) >= 11 is 6.15. The van der Waals surface area contributed by atoms with Crippen LogP contribution >= 0.6 is 11.6 Å². The fraction of sp³-hybridized carbons (Fsp3) is 0.435. The Bertz CT molecular complexity index is 1110. The van der Waals surface area contributed by atoms with Crippen molar-refractivity contribution in [3.63, 3.8) is 0 Å². The van der Waals surface area contributed by atoms with Gasteiger partial charge in [0.15, 0.2) is 0 Å². The Morgan fingerprint density at radius 1 is 1.09 bits per heavy atom. The Morgan fingerprint density at radius 2 is 1.79 bits per heavy atom. The molecule has 4 rings (SSSR count). The van der Waals surface area contributed by atoms with E-state index >= 15 is 0 Å². The second kappa shape index (κ2) is 9.87. The van der Waals surface area contributed by atoms with E-state index in [2.05, 4.69) is 10.2 Å². The van der Waals surface area contributed by atoms with Crippen LogP contribution in [0.4, 0.5) is 10.1 Å². The summed E-state index contributed by atoms with van der Waals surface area (Å²) in [6.45, 7) is 1.94. The number of halogens is 2. The molecule has 1 amide bonds. The molecule has 0 bridgehead atoms. The molecule has 0 spiro atoms. The Morgan fingerprint density at radius 3 is 2.45 bits per heavy atom.